The van der Waals surface area contributed by atoms with Crippen LogP contribution in [0.4, 0.5) is 10.1 Å². The van der Waals surface area contributed by atoms with E-state index in [1.165, 1.54) is 18.2 Å². The summed E-state index contributed by atoms with van der Waals surface area (Å²) in [7, 11) is 0. The number of benzene rings is 2. The maximum atomic E-state index is 14.0. The third-order valence-corrected chi connectivity index (χ3v) is 5.32. The van der Waals surface area contributed by atoms with Crippen LogP contribution in [0.25, 0.3) is 0 Å². The molecule has 1 aliphatic heterocycles. The van der Waals surface area contributed by atoms with Gasteiger partial charge in [0.15, 0.2) is 0 Å². The summed E-state index contributed by atoms with van der Waals surface area (Å²) in [5, 5.41) is 16.0. The van der Waals surface area contributed by atoms with Crippen molar-refractivity contribution in [2.45, 2.75) is 38.3 Å². The van der Waals surface area contributed by atoms with Gasteiger partial charge in [-0.3, -0.25) is 9.59 Å². The van der Waals surface area contributed by atoms with Crippen molar-refractivity contribution >= 4 is 29.1 Å². The molecule has 7 heteroatoms. The summed E-state index contributed by atoms with van der Waals surface area (Å²) in [6.45, 7) is 1.58. The van der Waals surface area contributed by atoms with E-state index in [0.717, 1.165) is 11.3 Å². The molecule has 1 heterocycles. The van der Waals surface area contributed by atoms with Gasteiger partial charge < -0.3 is 15.7 Å². The van der Waals surface area contributed by atoms with Crippen molar-refractivity contribution < 1.29 is 19.1 Å². The van der Waals surface area contributed by atoms with Gasteiger partial charge in [0, 0.05) is 28.6 Å². The van der Waals surface area contributed by atoms with Crippen LogP contribution in [0.15, 0.2) is 42.5 Å². The van der Waals surface area contributed by atoms with E-state index in [1.54, 1.807) is 6.92 Å². The van der Waals surface area contributed by atoms with Crippen LogP contribution in [-0.2, 0) is 16.0 Å². The number of hydrogen-bond acceptors (Lipinski definition) is 3. The fourth-order valence-electron chi connectivity index (χ4n) is 3.40. The molecule has 3 atom stereocenters. The van der Waals surface area contributed by atoms with Gasteiger partial charge in [0.1, 0.15) is 11.9 Å². The number of rotatable bonds is 6. The molecule has 28 heavy (non-hydrogen) atoms. The van der Waals surface area contributed by atoms with Crippen LogP contribution in [0.3, 0.4) is 0 Å². The summed E-state index contributed by atoms with van der Waals surface area (Å²) in [6, 6.07) is 11.0. The van der Waals surface area contributed by atoms with Gasteiger partial charge >= 0.3 is 0 Å². The maximum absolute atomic E-state index is 14.0. The predicted octanol–water partition coefficient (Wildman–Crippen LogP) is 3.61. The van der Waals surface area contributed by atoms with Gasteiger partial charge in [0.25, 0.3) is 0 Å². The van der Waals surface area contributed by atoms with Crippen LogP contribution in [-0.4, -0.2) is 23.0 Å². The Hall–Kier alpha value is -2.44. The number of carbonyl (C=O) groups excluding carboxylic acids is 2. The van der Waals surface area contributed by atoms with Crippen LogP contribution in [0.2, 0.25) is 5.02 Å². The van der Waals surface area contributed by atoms with Crippen molar-refractivity contribution in [3.8, 4) is 0 Å². The molecular weight excluding hydrogens is 383 g/mol. The molecule has 0 spiro atoms. The number of anilines is 1. The van der Waals surface area contributed by atoms with Gasteiger partial charge in [-0.05, 0) is 43.5 Å². The van der Waals surface area contributed by atoms with Crippen molar-refractivity contribution in [2.75, 3.05) is 5.32 Å². The van der Waals surface area contributed by atoms with E-state index in [4.69, 9.17) is 11.6 Å². The molecule has 1 aliphatic rings. The first-order chi connectivity index (χ1) is 13.4. The minimum atomic E-state index is -1.28. The number of para-hydroxylation sites is 1. The molecule has 2 amide bonds. The lowest BCUT2D eigenvalue weighted by molar-refractivity contribution is -0.123. The van der Waals surface area contributed by atoms with Crippen molar-refractivity contribution in [1.29, 1.82) is 0 Å². The van der Waals surface area contributed by atoms with Gasteiger partial charge in [-0.2, -0.15) is 0 Å². The van der Waals surface area contributed by atoms with Gasteiger partial charge in [-0.25, -0.2) is 4.39 Å². The van der Waals surface area contributed by atoms with E-state index in [1.807, 2.05) is 24.3 Å². The Morgan fingerprint density at radius 1 is 1.32 bits per heavy atom. The van der Waals surface area contributed by atoms with Crippen LogP contribution in [0.5, 0.6) is 0 Å². The Bertz CT molecular complexity index is 869. The van der Waals surface area contributed by atoms with Crippen molar-refractivity contribution in [3.05, 3.63) is 64.4 Å². The third-order valence-electron chi connectivity index (χ3n) is 4.99. The lowest BCUT2D eigenvalue weighted by Gasteiger charge is -2.25. The Kier molecular flexibility index (Phi) is 6.31. The quantitative estimate of drug-likeness (QED) is 0.688. The molecule has 5 nitrogen and oxygen atoms in total. The first-order valence-electron chi connectivity index (χ1n) is 9.17. The molecule has 148 valence electrons. The average molecular weight is 405 g/mol. The zero-order valence-electron chi connectivity index (χ0n) is 15.4. The second-order valence-corrected chi connectivity index (χ2v) is 7.43. The third kappa shape index (κ3) is 4.51. The number of aliphatic hydroxyl groups is 1. The highest BCUT2D eigenvalue weighted by Crippen LogP contribution is 2.29. The first-order valence-corrected chi connectivity index (χ1v) is 9.54. The zero-order chi connectivity index (χ0) is 20.3. The molecule has 2 aromatic rings. The zero-order valence-corrected chi connectivity index (χ0v) is 16.2. The number of carbonyl (C=O) groups is 2. The van der Waals surface area contributed by atoms with Gasteiger partial charge in [-0.15, -0.1) is 0 Å². The smallest absolute Gasteiger partial charge is 0.227 e. The summed E-state index contributed by atoms with van der Waals surface area (Å²) in [6.07, 6.45) is -0.182. The number of halogens is 2. The molecule has 0 aromatic heterocycles. The van der Waals surface area contributed by atoms with Gasteiger partial charge in [0.05, 0.1) is 6.04 Å². The van der Waals surface area contributed by atoms with Crippen molar-refractivity contribution in [2.24, 2.45) is 5.92 Å². The number of amides is 2. The molecule has 0 radical (unpaired) electrons. The second-order valence-electron chi connectivity index (χ2n) is 7.02. The highest BCUT2D eigenvalue weighted by atomic mass is 35.5. The van der Waals surface area contributed by atoms with Gasteiger partial charge in [-0.1, -0.05) is 35.9 Å². The second kappa shape index (κ2) is 8.71. The van der Waals surface area contributed by atoms with E-state index in [0.29, 0.717) is 12.8 Å². The standard InChI is InChI=1S/C21H22ClFN2O3/c1-12(20(27)19-15(22)6-4-7-16(19)23)24-18(26)10-9-14-11-13-5-2-3-8-17(13)25-21(14)28/h2-8,12,14,20,27H,9-11H2,1H3,(H,24,26)(H,25,28)/t12-,14+,20-/m0/s1. The Labute approximate surface area is 167 Å². The fraction of sp³-hybridized carbons (Fsp3) is 0.333. The minimum absolute atomic E-state index is 0.0415. The lowest BCUT2D eigenvalue weighted by atomic mass is 9.89. The van der Waals surface area contributed by atoms with E-state index in [9.17, 15) is 19.1 Å². The van der Waals surface area contributed by atoms with Crippen molar-refractivity contribution in [1.82, 2.24) is 5.32 Å². The molecule has 0 fully saturated rings. The van der Waals surface area contributed by atoms with Crippen LogP contribution in [0.1, 0.15) is 37.0 Å². The van der Waals surface area contributed by atoms with Gasteiger partial charge in [0.2, 0.25) is 11.8 Å². The van der Waals surface area contributed by atoms with E-state index in [2.05, 4.69) is 10.6 Å². The maximum Gasteiger partial charge on any atom is 0.227 e. The minimum Gasteiger partial charge on any atom is -0.386 e. The highest BCUT2D eigenvalue weighted by molar-refractivity contribution is 6.31. The molecule has 0 saturated heterocycles. The molecule has 0 bridgehead atoms. The molecule has 2 aromatic carbocycles. The first kappa shape index (κ1) is 20.3. The molecule has 3 rings (SSSR count). The summed E-state index contributed by atoms with van der Waals surface area (Å²) >= 11 is 5.97. The lowest BCUT2D eigenvalue weighted by Crippen LogP contribution is -2.38. The van der Waals surface area contributed by atoms with E-state index in [-0.39, 0.29) is 34.7 Å². The normalized spacial score (nSPS) is 18.0. The Balaban J connectivity index is 1.55. The van der Waals surface area contributed by atoms with Crippen LogP contribution >= 0.6 is 11.6 Å². The molecular formula is C21H22ClFN2O3. The van der Waals surface area contributed by atoms with Crippen LogP contribution in [0, 0.1) is 11.7 Å². The molecule has 0 unspecified atom stereocenters. The topological polar surface area (TPSA) is 78.4 Å². The SMILES string of the molecule is C[C@H](NC(=O)CC[C@@H]1Cc2ccccc2NC1=O)[C@H](O)c1c(F)cccc1Cl. The predicted molar refractivity (Wildman–Crippen MR) is 105 cm³/mol. The van der Waals surface area contributed by atoms with Crippen LogP contribution < -0.4 is 10.6 Å². The largest absolute Gasteiger partial charge is 0.386 e. The van der Waals surface area contributed by atoms with E-state index < -0.39 is 18.0 Å². The summed E-state index contributed by atoms with van der Waals surface area (Å²) < 4.78 is 14.0. The molecule has 3 N–H and O–H groups in total. The monoisotopic (exact) mass is 404 g/mol. The Morgan fingerprint density at radius 3 is 2.82 bits per heavy atom. The number of aliphatic hydroxyl groups excluding tert-OH is 1. The summed E-state index contributed by atoms with van der Waals surface area (Å²) in [5.41, 5.74) is 1.82. The molecule has 0 aliphatic carbocycles. The summed E-state index contributed by atoms with van der Waals surface area (Å²) in [4.78, 5) is 24.5. The number of fused-ring (bicyclic) bond motifs is 1. The number of nitrogens with one attached hydrogen (secondary N) is 2. The Morgan fingerprint density at radius 2 is 2.07 bits per heavy atom. The number of hydrogen-bond donors (Lipinski definition) is 3. The summed E-state index contributed by atoms with van der Waals surface area (Å²) in [5.74, 6) is -1.33. The van der Waals surface area contributed by atoms with E-state index >= 15 is 0 Å². The average Bonchev–Trinajstić information content (AvgIpc) is 2.66. The fourth-order valence-corrected chi connectivity index (χ4v) is 3.67. The highest BCUT2D eigenvalue weighted by Gasteiger charge is 2.27. The molecule has 0 saturated carbocycles. The van der Waals surface area contributed by atoms with Crippen molar-refractivity contribution in [3.63, 3.8) is 0 Å².